The minimum atomic E-state index is 0.227. The molecule has 2 saturated heterocycles. The molecule has 0 aromatic carbocycles. The maximum absolute atomic E-state index is 11.8. The molecule has 2 aliphatic heterocycles. The highest BCUT2D eigenvalue weighted by Crippen LogP contribution is 2.32. The predicted molar refractivity (Wildman–Crippen MR) is 55.6 cm³/mol. The number of allylic oxidation sites excluding steroid dienone is 1. The first-order valence-corrected chi connectivity index (χ1v) is 5.25. The Hall–Kier alpha value is -0.990. The van der Waals surface area contributed by atoms with Gasteiger partial charge in [0.2, 0.25) is 5.91 Å². The fourth-order valence-electron chi connectivity index (χ4n) is 2.51. The van der Waals surface area contributed by atoms with Crippen molar-refractivity contribution < 1.29 is 4.79 Å². The summed E-state index contributed by atoms with van der Waals surface area (Å²) < 4.78 is 0. The van der Waals surface area contributed by atoms with E-state index in [0.717, 1.165) is 31.8 Å². The van der Waals surface area contributed by atoms with Crippen LogP contribution in [0.3, 0.4) is 0 Å². The SMILES string of the molecule is C=C(C)N1CC2CCN(C)C(=O)C2C1. The highest BCUT2D eigenvalue weighted by Gasteiger charge is 2.41. The van der Waals surface area contributed by atoms with Gasteiger partial charge in [0.15, 0.2) is 0 Å². The van der Waals surface area contributed by atoms with Crippen molar-refractivity contribution in [3.05, 3.63) is 12.3 Å². The number of fused-ring (bicyclic) bond motifs is 1. The van der Waals surface area contributed by atoms with Gasteiger partial charge in [0.05, 0.1) is 5.92 Å². The van der Waals surface area contributed by atoms with Crippen LogP contribution < -0.4 is 0 Å². The molecule has 1 amide bonds. The summed E-state index contributed by atoms with van der Waals surface area (Å²) in [4.78, 5) is 16.0. The van der Waals surface area contributed by atoms with Crippen molar-refractivity contribution in [3.8, 4) is 0 Å². The van der Waals surface area contributed by atoms with Gasteiger partial charge in [0.1, 0.15) is 0 Å². The fourth-order valence-corrected chi connectivity index (χ4v) is 2.51. The Morgan fingerprint density at radius 3 is 2.86 bits per heavy atom. The average molecular weight is 194 g/mol. The van der Waals surface area contributed by atoms with E-state index >= 15 is 0 Å². The summed E-state index contributed by atoms with van der Waals surface area (Å²) in [5.41, 5.74) is 1.09. The van der Waals surface area contributed by atoms with Gasteiger partial charge in [-0.15, -0.1) is 0 Å². The Morgan fingerprint density at radius 1 is 1.50 bits per heavy atom. The number of carbonyl (C=O) groups excluding carboxylic acids is 1. The van der Waals surface area contributed by atoms with E-state index in [0.29, 0.717) is 11.8 Å². The van der Waals surface area contributed by atoms with E-state index in [4.69, 9.17) is 0 Å². The van der Waals surface area contributed by atoms with Crippen LogP contribution in [0.15, 0.2) is 12.3 Å². The quantitative estimate of drug-likeness (QED) is 0.620. The molecule has 3 nitrogen and oxygen atoms in total. The molecular weight excluding hydrogens is 176 g/mol. The fraction of sp³-hybridized carbons (Fsp3) is 0.727. The molecule has 0 spiro atoms. The molecule has 14 heavy (non-hydrogen) atoms. The summed E-state index contributed by atoms with van der Waals surface area (Å²) in [5.74, 6) is 1.12. The summed E-state index contributed by atoms with van der Waals surface area (Å²) in [6.45, 7) is 8.79. The van der Waals surface area contributed by atoms with E-state index in [9.17, 15) is 4.79 Å². The second kappa shape index (κ2) is 3.30. The van der Waals surface area contributed by atoms with Gasteiger partial charge in [0, 0.05) is 32.4 Å². The molecule has 0 radical (unpaired) electrons. The van der Waals surface area contributed by atoms with Gasteiger partial charge in [-0.1, -0.05) is 6.58 Å². The molecule has 2 atom stereocenters. The molecule has 2 unspecified atom stereocenters. The van der Waals surface area contributed by atoms with Gasteiger partial charge < -0.3 is 9.80 Å². The van der Waals surface area contributed by atoms with E-state index in [1.165, 1.54) is 0 Å². The van der Waals surface area contributed by atoms with Crippen molar-refractivity contribution in [3.63, 3.8) is 0 Å². The molecule has 3 heteroatoms. The van der Waals surface area contributed by atoms with Crippen LogP contribution in [-0.4, -0.2) is 42.4 Å². The first-order chi connectivity index (χ1) is 6.59. The number of nitrogens with zero attached hydrogens (tertiary/aromatic N) is 2. The van der Waals surface area contributed by atoms with E-state index < -0.39 is 0 Å². The van der Waals surface area contributed by atoms with E-state index in [1.54, 1.807) is 0 Å². The Balaban J connectivity index is 2.10. The number of rotatable bonds is 1. The highest BCUT2D eigenvalue weighted by atomic mass is 16.2. The molecule has 2 heterocycles. The number of carbonyl (C=O) groups is 1. The monoisotopic (exact) mass is 194 g/mol. The zero-order chi connectivity index (χ0) is 10.3. The Morgan fingerprint density at radius 2 is 2.21 bits per heavy atom. The maximum atomic E-state index is 11.8. The van der Waals surface area contributed by atoms with Crippen molar-refractivity contribution in [1.82, 2.24) is 9.80 Å². The molecular formula is C11H18N2O. The number of amides is 1. The van der Waals surface area contributed by atoms with Crippen molar-refractivity contribution in [2.45, 2.75) is 13.3 Å². The first-order valence-electron chi connectivity index (χ1n) is 5.25. The van der Waals surface area contributed by atoms with Crippen molar-refractivity contribution >= 4 is 5.91 Å². The zero-order valence-corrected chi connectivity index (χ0v) is 8.99. The summed E-state index contributed by atoms with van der Waals surface area (Å²) in [5, 5.41) is 0. The molecule has 0 aromatic rings. The number of piperidine rings is 1. The van der Waals surface area contributed by atoms with E-state index in [1.807, 2.05) is 18.9 Å². The van der Waals surface area contributed by atoms with Gasteiger partial charge >= 0.3 is 0 Å². The van der Waals surface area contributed by atoms with Crippen LogP contribution in [0, 0.1) is 11.8 Å². The molecule has 0 aromatic heterocycles. The van der Waals surface area contributed by atoms with Crippen LogP contribution in [0.4, 0.5) is 0 Å². The molecule has 0 N–H and O–H groups in total. The lowest BCUT2D eigenvalue weighted by Gasteiger charge is -2.30. The van der Waals surface area contributed by atoms with Gasteiger partial charge in [-0.25, -0.2) is 0 Å². The normalized spacial score (nSPS) is 32.0. The minimum Gasteiger partial charge on any atom is -0.374 e. The summed E-state index contributed by atoms with van der Waals surface area (Å²) in [7, 11) is 1.90. The lowest BCUT2D eigenvalue weighted by Crippen LogP contribution is -2.42. The maximum Gasteiger partial charge on any atom is 0.227 e. The van der Waals surface area contributed by atoms with Crippen LogP contribution in [0.25, 0.3) is 0 Å². The molecule has 2 fully saturated rings. The Bertz CT molecular complexity index is 274. The molecule has 2 rings (SSSR count). The molecule has 0 bridgehead atoms. The standard InChI is InChI=1S/C11H18N2O/c1-8(2)13-6-9-4-5-12(3)11(14)10(9)7-13/h9-10H,1,4-7H2,2-3H3. The van der Waals surface area contributed by atoms with Crippen LogP contribution >= 0.6 is 0 Å². The second-order valence-electron chi connectivity index (χ2n) is 4.56. The van der Waals surface area contributed by atoms with Crippen LogP contribution in [-0.2, 0) is 4.79 Å². The third kappa shape index (κ3) is 1.41. The smallest absolute Gasteiger partial charge is 0.227 e. The zero-order valence-electron chi connectivity index (χ0n) is 8.99. The molecule has 0 saturated carbocycles. The number of likely N-dealkylation sites (tertiary alicyclic amines) is 2. The average Bonchev–Trinajstić information content (AvgIpc) is 2.56. The minimum absolute atomic E-state index is 0.227. The lowest BCUT2D eigenvalue weighted by molar-refractivity contribution is -0.137. The summed E-state index contributed by atoms with van der Waals surface area (Å²) in [6.07, 6.45) is 1.15. The highest BCUT2D eigenvalue weighted by molar-refractivity contribution is 5.80. The molecule has 2 aliphatic rings. The topological polar surface area (TPSA) is 23.6 Å². The number of hydrogen-bond donors (Lipinski definition) is 0. The van der Waals surface area contributed by atoms with Crippen LogP contribution in [0.2, 0.25) is 0 Å². The third-order valence-electron chi connectivity index (χ3n) is 3.51. The lowest BCUT2D eigenvalue weighted by atomic mass is 9.88. The number of hydrogen-bond acceptors (Lipinski definition) is 2. The van der Waals surface area contributed by atoms with Gasteiger partial charge in [0.25, 0.3) is 0 Å². The van der Waals surface area contributed by atoms with Crippen molar-refractivity contribution in [2.75, 3.05) is 26.7 Å². The van der Waals surface area contributed by atoms with E-state index in [-0.39, 0.29) is 5.92 Å². The van der Waals surface area contributed by atoms with Gasteiger partial charge in [-0.3, -0.25) is 4.79 Å². The van der Waals surface area contributed by atoms with Crippen LogP contribution in [0.5, 0.6) is 0 Å². The van der Waals surface area contributed by atoms with Crippen molar-refractivity contribution in [1.29, 1.82) is 0 Å². The predicted octanol–water partition coefficient (Wildman–Crippen LogP) is 0.930. The summed E-state index contributed by atoms with van der Waals surface area (Å²) in [6, 6.07) is 0. The Labute approximate surface area is 85.4 Å². The van der Waals surface area contributed by atoms with Crippen LogP contribution in [0.1, 0.15) is 13.3 Å². The van der Waals surface area contributed by atoms with Gasteiger partial charge in [-0.05, 0) is 19.3 Å². The third-order valence-corrected chi connectivity index (χ3v) is 3.51. The van der Waals surface area contributed by atoms with E-state index in [2.05, 4.69) is 11.5 Å². The Kier molecular flexibility index (Phi) is 2.25. The van der Waals surface area contributed by atoms with Crippen molar-refractivity contribution in [2.24, 2.45) is 11.8 Å². The first kappa shape index (κ1) is 9.56. The molecule has 0 aliphatic carbocycles. The summed E-state index contributed by atoms with van der Waals surface area (Å²) >= 11 is 0. The second-order valence-corrected chi connectivity index (χ2v) is 4.56. The van der Waals surface area contributed by atoms with Gasteiger partial charge in [-0.2, -0.15) is 0 Å². The largest absolute Gasteiger partial charge is 0.374 e. The molecule has 78 valence electrons.